The molecule has 1 aromatic heterocycles. The fourth-order valence-corrected chi connectivity index (χ4v) is 3.78. The molecule has 6 heteroatoms. The van der Waals surface area contributed by atoms with Crippen LogP contribution in [0.1, 0.15) is 38.5 Å². The standard InChI is InChI=1S/C17H30N6/c1-18-17(20-8-4-10-22-12-9-19-14-22)21-15-7-11-23(13-15)16-5-2-3-6-16/h9,12,14-16H,2-8,10-11,13H2,1H3,(H2,18,20,21). The van der Waals surface area contributed by atoms with Gasteiger partial charge >= 0.3 is 0 Å². The molecule has 1 saturated heterocycles. The first-order valence-electron chi connectivity index (χ1n) is 9.02. The Labute approximate surface area is 139 Å². The first kappa shape index (κ1) is 16.3. The van der Waals surface area contributed by atoms with Gasteiger partial charge in [0, 0.05) is 57.7 Å². The normalized spacial score (nSPS) is 23.5. The third-order valence-electron chi connectivity index (χ3n) is 5.07. The number of guanidine groups is 1. The highest BCUT2D eigenvalue weighted by atomic mass is 15.3. The summed E-state index contributed by atoms with van der Waals surface area (Å²) in [4.78, 5) is 11.1. The van der Waals surface area contributed by atoms with Gasteiger partial charge in [0.05, 0.1) is 6.33 Å². The number of hydrogen-bond acceptors (Lipinski definition) is 3. The molecule has 6 nitrogen and oxygen atoms in total. The summed E-state index contributed by atoms with van der Waals surface area (Å²) < 4.78 is 2.11. The van der Waals surface area contributed by atoms with Gasteiger partial charge in [-0.3, -0.25) is 9.89 Å². The summed E-state index contributed by atoms with van der Waals surface area (Å²) in [5.74, 6) is 0.939. The van der Waals surface area contributed by atoms with Crippen LogP contribution in [0.25, 0.3) is 0 Å². The zero-order chi connectivity index (χ0) is 15.9. The second kappa shape index (κ2) is 8.34. The van der Waals surface area contributed by atoms with Crippen molar-refractivity contribution in [1.29, 1.82) is 0 Å². The minimum atomic E-state index is 0.537. The van der Waals surface area contributed by atoms with Gasteiger partial charge in [-0.15, -0.1) is 0 Å². The summed E-state index contributed by atoms with van der Waals surface area (Å²) in [6.07, 6.45) is 13.6. The Kier molecular flexibility index (Phi) is 5.91. The first-order chi connectivity index (χ1) is 11.3. The molecule has 0 amide bonds. The van der Waals surface area contributed by atoms with Gasteiger partial charge in [-0.05, 0) is 25.7 Å². The maximum atomic E-state index is 4.37. The monoisotopic (exact) mass is 318 g/mol. The Morgan fingerprint density at radius 3 is 2.91 bits per heavy atom. The van der Waals surface area contributed by atoms with E-state index in [1.165, 1.54) is 45.2 Å². The van der Waals surface area contributed by atoms with Crippen molar-refractivity contribution in [3.8, 4) is 0 Å². The number of aromatic nitrogens is 2. The van der Waals surface area contributed by atoms with E-state index < -0.39 is 0 Å². The van der Waals surface area contributed by atoms with Crippen LogP contribution < -0.4 is 10.6 Å². The van der Waals surface area contributed by atoms with Gasteiger partial charge in [0.25, 0.3) is 0 Å². The number of aryl methyl sites for hydroxylation is 1. The van der Waals surface area contributed by atoms with E-state index in [1.54, 1.807) is 0 Å². The van der Waals surface area contributed by atoms with Gasteiger partial charge in [0.15, 0.2) is 5.96 Å². The minimum absolute atomic E-state index is 0.537. The van der Waals surface area contributed by atoms with E-state index in [0.717, 1.165) is 31.5 Å². The van der Waals surface area contributed by atoms with Gasteiger partial charge in [0.2, 0.25) is 0 Å². The highest BCUT2D eigenvalue weighted by molar-refractivity contribution is 5.79. The number of likely N-dealkylation sites (tertiary alicyclic amines) is 1. The van der Waals surface area contributed by atoms with Gasteiger partial charge in [-0.2, -0.15) is 0 Å². The molecule has 1 atom stereocenters. The molecule has 1 saturated carbocycles. The Bertz CT molecular complexity index is 477. The maximum absolute atomic E-state index is 4.37. The van der Waals surface area contributed by atoms with Crippen molar-refractivity contribution in [3.05, 3.63) is 18.7 Å². The zero-order valence-electron chi connectivity index (χ0n) is 14.2. The molecule has 2 N–H and O–H groups in total. The third-order valence-corrected chi connectivity index (χ3v) is 5.07. The lowest BCUT2D eigenvalue weighted by molar-refractivity contribution is 0.242. The molecule has 0 spiro atoms. The largest absolute Gasteiger partial charge is 0.356 e. The molecule has 2 heterocycles. The molecule has 3 rings (SSSR count). The van der Waals surface area contributed by atoms with Crippen molar-refractivity contribution in [1.82, 2.24) is 25.1 Å². The van der Waals surface area contributed by atoms with Crippen molar-refractivity contribution in [2.75, 3.05) is 26.7 Å². The Morgan fingerprint density at radius 2 is 2.17 bits per heavy atom. The van der Waals surface area contributed by atoms with E-state index in [4.69, 9.17) is 0 Å². The van der Waals surface area contributed by atoms with Crippen LogP contribution in [0.4, 0.5) is 0 Å². The fourth-order valence-electron chi connectivity index (χ4n) is 3.78. The lowest BCUT2D eigenvalue weighted by Gasteiger charge is -2.24. The molecule has 23 heavy (non-hydrogen) atoms. The van der Waals surface area contributed by atoms with Crippen LogP contribution in [-0.4, -0.2) is 59.2 Å². The molecule has 1 aliphatic heterocycles. The average molecular weight is 318 g/mol. The molecule has 0 radical (unpaired) electrons. The molecule has 0 aromatic carbocycles. The molecule has 1 aromatic rings. The van der Waals surface area contributed by atoms with Crippen molar-refractivity contribution < 1.29 is 0 Å². The van der Waals surface area contributed by atoms with E-state index in [2.05, 4.69) is 30.1 Å². The van der Waals surface area contributed by atoms with Crippen LogP contribution >= 0.6 is 0 Å². The van der Waals surface area contributed by atoms with Gasteiger partial charge < -0.3 is 15.2 Å². The average Bonchev–Trinajstić information content (AvgIpc) is 3.32. The van der Waals surface area contributed by atoms with Crippen molar-refractivity contribution in [3.63, 3.8) is 0 Å². The number of aliphatic imine (C=N–C) groups is 1. The predicted molar refractivity (Wildman–Crippen MR) is 93.6 cm³/mol. The minimum Gasteiger partial charge on any atom is -0.356 e. The van der Waals surface area contributed by atoms with Crippen LogP contribution in [-0.2, 0) is 6.54 Å². The number of nitrogens with one attached hydrogen (secondary N) is 2. The summed E-state index contributed by atoms with van der Waals surface area (Å²) >= 11 is 0. The van der Waals surface area contributed by atoms with Gasteiger partial charge in [0.1, 0.15) is 0 Å². The fraction of sp³-hybridized carbons (Fsp3) is 0.765. The van der Waals surface area contributed by atoms with Crippen molar-refractivity contribution in [2.24, 2.45) is 4.99 Å². The predicted octanol–water partition coefficient (Wildman–Crippen LogP) is 1.46. The molecular formula is C17H30N6. The number of nitrogens with zero attached hydrogens (tertiary/aromatic N) is 4. The summed E-state index contributed by atoms with van der Waals surface area (Å²) in [5.41, 5.74) is 0. The Hall–Kier alpha value is -1.56. The molecule has 2 aliphatic rings. The molecule has 1 unspecified atom stereocenters. The lowest BCUT2D eigenvalue weighted by Crippen LogP contribution is -2.45. The van der Waals surface area contributed by atoms with Crippen LogP contribution in [0, 0.1) is 0 Å². The van der Waals surface area contributed by atoms with Crippen LogP contribution in [0.2, 0.25) is 0 Å². The molecule has 128 valence electrons. The van der Waals surface area contributed by atoms with E-state index in [-0.39, 0.29) is 0 Å². The highest BCUT2D eigenvalue weighted by Gasteiger charge is 2.30. The zero-order valence-corrected chi connectivity index (χ0v) is 14.2. The summed E-state index contributed by atoms with van der Waals surface area (Å²) in [6, 6.07) is 1.38. The Balaban J connectivity index is 1.34. The molecular weight excluding hydrogens is 288 g/mol. The number of imidazole rings is 1. The van der Waals surface area contributed by atoms with Gasteiger partial charge in [-0.1, -0.05) is 12.8 Å². The van der Waals surface area contributed by atoms with E-state index in [1.807, 2.05) is 25.8 Å². The Morgan fingerprint density at radius 1 is 1.30 bits per heavy atom. The second-order valence-corrected chi connectivity index (χ2v) is 6.72. The lowest BCUT2D eigenvalue weighted by atomic mass is 10.2. The van der Waals surface area contributed by atoms with E-state index in [9.17, 15) is 0 Å². The smallest absolute Gasteiger partial charge is 0.191 e. The van der Waals surface area contributed by atoms with Crippen molar-refractivity contribution in [2.45, 2.75) is 57.2 Å². The van der Waals surface area contributed by atoms with Crippen LogP contribution in [0.15, 0.2) is 23.7 Å². The summed E-state index contributed by atoms with van der Waals surface area (Å²) in [6.45, 7) is 4.32. The molecule has 0 bridgehead atoms. The molecule has 2 fully saturated rings. The van der Waals surface area contributed by atoms with Crippen molar-refractivity contribution >= 4 is 5.96 Å². The number of rotatable bonds is 6. The maximum Gasteiger partial charge on any atom is 0.191 e. The first-order valence-corrected chi connectivity index (χ1v) is 9.02. The van der Waals surface area contributed by atoms with E-state index in [0.29, 0.717) is 6.04 Å². The van der Waals surface area contributed by atoms with Crippen LogP contribution in [0.5, 0.6) is 0 Å². The topological polar surface area (TPSA) is 57.5 Å². The van der Waals surface area contributed by atoms with E-state index >= 15 is 0 Å². The number of hydrogen-bond donors (Lipinski definition) is 2. The third kappa shape index (κ3) is 4.70. The highest BCUT2D eigenvalue weighted by Crippen LogP contribution is 2.26. The SMILES string of the molecule is CN=C(NCCCn1ccnc1)NC1CCN(C2CCCC2)C1. The summed E-state index contributed by atoms with van der Waals surface area (Å²) in [5, 5.41) is 7.02. The van der Waals surface area contributed by atoms with Crippen LogP contribution in [0.3, 0.4) is 0 Å². The molecule has 1 aliphatic carbocycles. The summed E-state index contributed by atoms with van der Waals surface area (Å²) in [7, 11) is 1.86. The van der Waals surface area contributed by atoms with Gasteiger partial charge in [-0.25, -0.2) is 4.98 Å². The quantitative estimate of drug-likeness (QED) is 0.474. The second-order valence-electron chi connectivity index (χ2n) is 6.72.